The van der Waals surface area contributed by atoms with Crippen LogP contribution in [0.15, 0.2) is 54.6 Å². The Hall–Kier alpha value is -2.82. The molecule has 0 aromatic heterocycles. The van der Waals surface area contributed by atoms with Crippen LogP contribution in [0.25, 0.3) is 0 Å². The predicted octanol–water partition coefficient (Wildman–Crippen LogP) is 2.80. The first-order valence-corrected chi connectivity index (χ1v) is 8.81. The molecule has 0 radical (unpaired) electrons. The summed E-state index contributed by atoms with van der Waals surface area (Å²) in [6.45, 7) is 0.509. The van der Waals surface area contributed by atoms with Gasteiger partial charge < -0.3 is 15.0 Å². The first kappa shape index (κ1) is 18.0. The maximum atomic E-state index is 12.8. The lowest BCUT2D eigenvalue weighted by molar-refractivity contribution is -0.135. The van der Waals surface area contributed by atoms with Crippen LogP contribution in [0.4, 0.5) is 5.69 Å². The van der Waals surface area contributed by atoms with Gasteiger partial charge >= 0.3 is 0 Å². The van der Waals surface area contributed by atoms with Crippen molar-refractivity contribution in [2.75, 3.05) is 25.6 Å². The van der Waals surface area contributed by atoms with Crippen molar-refractivity contribution >= 4 is 17.5 Å². The summed E-state index contributed by atoms with van der Waals surface area (Å²) in [5.74, 6) is 0.508. The number of carbonyl (C=O) groups excluding carboxylic acids is 2. The zero-order valence-corrected chi connectivity index (χ0v) is 15.2. The lowest BCUT2D eigenvalue weighted by Crippen LogP contribution is -2.44. The van der Waals surface area contributed by atoms with Crippen LogP contribution in [-0.2, 0) is 16.0 Å². The molecule has 0 unspecified atom stereocenters. The molecule has 5 heteroatoms. The molecule has 136 valence electrons. The number of hydrogen-bond acceptors (Lipinski definition) is 3. The van der Waals surface area contributed by atoms with E-state index >= 15 is 0 Å². The summed E-state index contributed by atoms with van der Waals surface area (Å²) >= 11 is 0. The molecule has 0 bridgehead atoms. The van der Waals surface area contributed by atoms with Gasteiger partial charge in [-0.15, -0.1) is 0 Å². The first-order chi connectivity index (χ1) is 12.6. The molecule has 0 heterocycles. The summed E-state index contributed by atoms with van der Waals surface area (Å²) in [6.07, 6.45) is 1.93. The van der Waals surface area contributed by atoms with E-state index in [-0.39, 0.29) is 11.8 Å². The largest absolute Gasteiger partial charge is 0.497 e. The summed E-state index contributed by atoms with van der Waals surface area (Å²) in [6, 6.07) is 17.2. The number of nitrogens with zero attached hydrogens (tertiary/aromatic N) is 1. The van der Waals surface area contributed by atoms with E-state index in [9.17, 15) is 9.59 Å². The van der Waals surface area contributed by atoms with Gasteiger partial charge in [-0.3, -0.25) is 9.59 Å². The van der Waals surface area contributed by atoms with E-state index in [0.29, 0.717) is 25.8 Å². The van der Waals surface area contributed by atoms with E-state index in [1.54, 1.807) is 19.1 Å². The number of rotatable bonds is 7. The van der Waals surface area contributed by atoms with Crippen LogP contribution < -0.4 is 15.0 Å². The second-order valence-corrected chi connectivity index (χ2v) is 6.64. The Labute approximate surface area is 154 Å². The van der Waals surface area contributed by atoms with E-state index in [4.69, 9.17) is 4.74 Å². The standard InChI is InChI=1S/C21H24N2O3/c1-23(17-6-4-3-5-7-17)20(25)21(13-14-21)19(24)22-15-12-16-8-10-18(26-2)11-9-16/h3-11H,12-15H2,1-2H3,(H,22,24). The number of methoxy groups -OCH3 is 1. The molecule has 1 aliphatic rings. The second-order valence-electron chi connectivity index (χ2n) is 6.64. The molecule has 2 aromatic rings. The lowest BCUT2D eigenvalue weighted by Gasteiger charge is -2.23. The predicted molar refractivity (Wildman–Crippen MR) is 101 cm³/mol. The number of ether oxygens (including phenoxy) is 1. The maximum Gasteiger partial charge on any atom is 0.242 e. The van der Waals surface area contributed by atoms with Crippen LogP contribution >= 0.6 is 0 Å². The highest BCUT2D eigenvalue weighted by Crippen LogP contribution is 2.47. The van der Waals surface area contributed by atoms with Crippen molar-refractivity contribution in [3.8, 4) is 5.75 Å². The Balaban J connectivity index is 1.55. The van der Waals surface area contributed by atoms with E-state index in [0.717, 1.165) is 17.0 Å². The lowest BCUT2D eigenvalue weighted by atomic mass is 10.0. The van der Waals surface area contributed by atoms with Gasteiger partial charge in [-0.2, -0.15) is 0 Å². The van der Waals surface area contributed by atoms with Crippen molar-refractivity contribution in [2.24, 2.45) is 5.41 Å². The Morgan fingerprint density at radius 1 is 1.08 bits per heavy atom. The molecular formula is C21H24N2O3. The molecule has 2 aromatic carbocycles. The number of para-hydroxylation sites is 1. The minimum atomic E-state index is -0.898. The number of anilines is 1. The molecular weight excluding hydrogens is 328 g/mol. The molecule has 1 saturated carbocycles. The molecule has 1 N–H and O–H groups in total. The topological polar surface area (TPSA) is 58.6 Å². The van der Waals surface area contributed by atoms with Crippen molar-refractivity contribution in [3.05, 3.63) is 60.2 Å². The minimum absolute atomic E-state index is 0.134. The van der Waals surface area contributed by atoms with Crippen LogP contribution in [0.1, 0.15) is 18.4 Å². The molecule has 26 heavy (non-hydrogen) atoms. The summed E-state index contributed by atoms with van der Waals surface area (Å²) in [7, 11) is 3.36. The minimum Gasteiger partial charge on any atom is -0.497 e. The Kier molecular flexibility index (Phi) is 5.26. The molecule has 0 atom stereocenters. The molecule has 0 spiro atoms. The molecule has 0 aliphatic heterocycles. The van der Waals surface area contributed by atoms with Crippen molar-refractivity contribution < 1.29 is 14.3 Å². The highest BCUT2D eigenvalue weighted by molar-refractivity contribution is 6.13. The number of carbonyl (C=O) groups is 2. The van der Waals surface area contributed by atoms with Crippen LogP contribution in [-0.4, -0.2) is 32.5 Å². The third-order valence-electron chi connectivity index (χ3n) is 4.90. The Morgan fingerprint density at radius 2 is 1.73 bits per heavy atom. The van der Waals surface area contributed by atoms with Crippen molar-refractivity contribution in [3.63, 3.8) is 0 Å². The smallest absolute Gasteiger partial charge is 0.242 e. The van der Waals surface area contributed by atoms with Gasteiger partial charge in [0.25, 0.3) is 0 Å². The number of hydrogen-bond donors (Lipinski definition) is 1. The van der Waals surface area contributed by atoms with Crippen LogP contribution in [0, 0.1) is 5.41 Å². The fourth-order valence-corrected chi connectivity index (χ4v) is 3.03. The fraction of sp³-hybridized carbons (Fsp3) is 0.333. The zero-order chi connectivity index (χ0) is 18.6. The maximum absolute atomic E-state index is 12.8. The van der Waals surface area contributed by atoms with Gasteiger partial charge in [-0.1, -0.05) is 30.3 Å². The second kappa shape index (κ2) is 7.60. The summed E-state index contributed by atoms with van der Waals surface area (Å²) in [5, 5.41) is 2.93. The molecule has 1 aliphatic carbocycles. The van der Waals surface area contributed by atoms with Gasteiger partial charge in [0, 0.05) is 19.3 Å². The van der Waals surface area contributed by atoms with E-state index in [1.165, 1.54) is 0 Å². The monoisotopic (exact) mass is 352 g/mol. The number of nitrogens with one attached hydrogen (secondary N) is 1. The normalized spacial score (nSPS) is 14.4. The third kappa shape index (κ3) is 3.72. The SMILES string of the molecule is COc1ccc(CCNC(=O)C2(C(=O)N(C)c3ccccc3)CC2)cc1. The van der Waals surface area contributed by atoms with Gasteiger partial charge in [-0.25, -0.2) is 0 Å². The van der Waals surface area contributed by atoms with Crippen LogP contribution in [0.3, 0.4) is 0 Å². The van der Waals surface area contributed by atoms with E-state index < -0.39 is 5.41 Å². The third-order valence-corrected chi connectivity index (χ3v) is 4.90. The summed E-state index contributed by atoms with van der Waals surface area (Å²) < 4.78 is 5.14. The van der Waals surface area contributed by atoms with Gasteiger partial charge in [0.15, 0.2) is 0 Å². The van der Waals surface area contributed by atoms with Gasteiger partial charge in [0.2, 0.25) is 11.8 Å². The average molecular weight is 352 g/mol. The van der Waals surface area contributed by atoms with Crippen molar-refractivity contribution in [1.29, 1.82) is 0 Å². The summed E-state index contributed by atoms with van der Waals surface area (Å²) in [5.41, 5.74) is 1.02. The molecule has 3 rings (SSSR count). The van der Waals surface area contributed by atoms with Crippen LogP contribution in [0.5, 0.6) is 5.75 Å². The van der Waals surface area contributed by atoms with Gasteiger partial charge in [0.1, 0.15) is 11.2 Å². The Morgan fingerprint density at radius 3 is 2.31 bits per heavy atom. The fourth-order valence-electron chi connectivity index (χ4n) is 3.03. The summed E-state index contributed by atoms with van der Waals surface area (Å²) in [4.78, 5) is 27.0. The quantitative estimate of drug-likeness (QED) is 0.780. The van der Waals surface area contributed by atoms with Crippen molar-refractivity contribution in [2.45, 2.75) is 19.3 Å². The van der Waals surface area contributed by atoms with Gasteiger partial charge in [0.05, 0.1) is 7.11 Å². The highest BCUT2D eigenvalue weighted by Gasteiger charge is 2.57. The Bertz CT molecular complexity index is 768. The first-order valence-electron chi connectivity index (χ1n) is 8.81. The van der Waals surface area contributed by atoms with Gasteiger partial charge in [-0.05, 0) is 49.1 Å². The average Bonchev–Trinajstić information content (AvgIpc) is 3.50. The van der Waals surface area contributed by atoms with Crippen LogP contribution in [0.2, 0.25) is 0 Å². The molecule has 0 saturated heterocycles. The molecule has 2 amide bonds. The number of amides is 2. The van der Waals surface area contributed by atoms with E-state index in [2.05, 4.69) is 5.32 Å². The highest BCUT2D eigenvalue weighted by atomic mass is 16.5. The number of benzene rings is 2. The van der Waals surface area contributed by atoms with E-state index in [1.807, 2.05) is 54.6 Å². The molecule has 1 fully saturated rings. The van der Waals surface area contributed by atoms with Crippen molar-refractivity contribution in [1.82, 2.24) is 5.32 Å². The molecule has 5 nitrogen and oxygen atoms in total. The zero-order valence-electron chi connectivity index (χ0n) is 15.2.